The summed E-state index contributed by atoms with van der Waals surface area (Å²) in [7, 11) is 1.63. The van der Waals surface area contributed by atoms with Gasteiger partial charge in [-0.3, -0.25) is 14.5 Å². The molecular weight excluding hydrogens is 412 g/mol. The number of nitriles is 1. The van der Waals surface area contributed by atoms with Gasteiger partial charge in [0.05, 0.1) is 23.9 Å². The van der Waals surface area contributed by atoms with Gasteiger partial charge in [0.15, 0.2) is 6.61 Å². The molecule has 2 heterocycles. The van der Waals surface area contributed by atoms with Gasteiger partial charge in [0.1, 0.15) is 17.3 Å². The molecule has 156 valence electrons. The molecule has 7 nitrogen and oxygen atoms in total. The molecule has 0 saturated carbocycles. The summed E-state index contributed by atoms with van der Waals surface area (Å²) in [6.45, 7) is 0.102. The molecule has 1 aromatic heterocycles. The van der Waals surface area contributed by atoms with Crippen LogP contribution in [0.2, 0.25) is 0 Å². The van der Waals surface area contributed by atoms with Gasteiger partial charge in [-0.25, -0.2) is 4.98 Å². The highest BCUT2D eigenvalue weighted by Gasteiger charge is 2.29. The van der Waals surface area contributed by atoms with E-state index in [1.54, 1.807) is 24.5 Å². The molecule has 0 bridgehead atoms. The van der Waals surface area contributed by atoms with Crippen molar-refractivity contribution in [3.63, 3.8) is 0 Å². The second-order valence-electron chi connectivity index (χ2n) is 7.08. The summed E-state index contributed by atoms with van der Waals surface area (Å²) >= 11 is 1.55. The van der Waals surface area contributed by atoms with E-state index in [9.17, 15) is 9.59 Å². The lowest BCUT2D eigenvalue weighted by atomic mass is 10.1. The topological polar surface area (TPSA) is 86.5 Å². The van der Waals surface area contributed by atoms with Gasteiger partial charge in [0.2, 0.25) is 5.91 Å². The zero-order chi connectivity index (χ0) is 21.8. The highest BCUT2D eigenvalue weighted by molar-refractivity contribution is 7.13. The summed E-state index contributed by atoms with van der Waals surface area (Å²) in [6.07, 6.45) is 0.244. The van der Waals surface area contributed by atoms with Crippen molar-refractivity contribution in [1.29, 1.82) is 5.26 Å². The first kappa shape index (κ1) is 20.6. The van der Waals surface area contributed by atoms with Crippen LogP contribution in [0.5, 0.6) is 5.75 Å². The van der Waals surface area contributed by atoms with Gasteiger partial charge in [0, 0.05) is 30.1 Å². The average molecular weight is 433 g/mol. The van der Waals surface area contributed by atoms with Gasteiger partial charge in [0.25, 0.3) is 5.91 Å². The summed E-state index contributed by atoms with van der Waals surface area (Å²) in [4.78, 5) is 32.7. The van der Waals surface area contributed by atoms with Crippen LogP contribution in [-0.4, -0.2) is 48.4 Å². The number of amides is 2. The van der Waals surface area contributed by atoms with Crippen molar-refractivity contribution < 1.29 is 14.3 Å². The molecule has 2 amide bonds. The van der Waals surface area contributed by atoms with Crippen molar-refractivity contribution >= 4 is 28.8 Å². The van der Waals surface area contributed by atoms with Gasteiger partial charge < -0.3 is 9.64 Å². The predicted molar refractivity (Wildman–Crippen MR) is 119 cm³/mol. The molecule has 8 heteroatoms. The number of anilines is 1. The van der Waals surface area contributed by atoms with Crippen LogP contribution >= 0.6 is 11.3 Å². The van der Waals surface area contributed by atoms with Crippen LogP contribution in [0.1, 0.15) is 6.42 Å². The molecule has 0 unspecified atom stereocenters. The molecule has 0 radical (unpaired) electrons. The summed E-state index contributed by atoms with van der Waals surface area (Å²) < 4.78 is 5.56. The maximum atomic E-state index is 12.6. The monoisotopic (exact) mass is 432 g/mol. The molecule has 0 saturated heterocycles. The maximum Gasteiger partial charge on any atom is 0.265 e. The minimum absolute atomic E-state index is 0.104. The zero-order valence-electron chi connectivity index (χ0n) is 16.9. The first-order valence-electron chi connectivity index (χ1n) is 9.76. The van der Waals surface area contributed by atoms with Crippen molar-refractivity contribution in [2.24, 2.45) is 0 Å². The second-order valence-corrected chi connectivity index (χ2v) is 7.94. The van der Waals surface area contributed by atoms with E-state index in [0.29, 0.717) is 18.0 Å². The van der Waals surface area contributed by atoms with Gasteiger partial charge in [-0.15, -0.1) is 11.3 Å². The number of rotatable bonds is 6. The van der Waals surface area contributed by atoms with E-state index in [1.807, 2.05) is 53.9 Å². The Bertz CT molecular complexity index is 1150. The normalized spacial score (nSPS) is 12.6. The largest absolute Gasteiger partial charge is 0.482 e. The SMILES string of the molecule is CN(CCC#N)C(=O)CN1C(=O)COc2ccc(-c3csc(-c4ccccc4)n3)cc21. The molecule has 0 atom stereocenters. The summed E-state index contributed by atoms with van der Waals surface area (Å²) in [5.41, 5.74) is 3.22. The molecule has 0 spiro atoms. The Morgan fingerprint density at radius 2 is 2.06 bits per heavy atom. The van der Waals surface area contributed by atoms with Crippen molar-refractivity contribution in [3.8, 4) is 33.6 Å². The quantitative estimate of drug-likeness (QED) is 0.594. The summed E-state index contributed by atoms with van der Waals surface area (Å²) in [5.74, 6) is 0.0335. The number of ether oxygens (including phenoxy) is 1. The number of carbonyl (C=O) groups is 2. The van der Waals surface area contributed by atoms with Gasteiger partial charge in [-0.1, -0.05) is 30.3 Å². The van der Waals surface area contributed by atoms with Crippen molar-refractivity contribution in [2.45, 2.75) is 6.42 Å². The van der Waals surface area contributed by atoms with E-state index in [2.05, 4.69) is 0 Å². The van der Waals surface area contributed by atoms with E-state index in [-0.39, 0.29) is 31.4 Å². The molecule has 0 N–H and O–H groups in total. The van der Waals surface area contributed by atoms with E-state index < -0.39 is 0 Å². The number of fused-ring (bicyclic) bond motifs is 1. The number of hydrogen-bond donors (Lipinski definition) is 0. The Hall–Kier alpha value is -3.70. The first-order valence-corrected chi connectivity index (χ1v) is 10.6. The smallest absolute Gasteiger partial charge is 0.265 e. The molecule has 1 aliphatic rings. The lowest BCUT2D eigenvalue weighted by molar-refractivity contribution is -0.130. The third-order valence-electron chi connectivity index (χ3n) is 5.00. The number of aromatic nitrogens is 1. The van der Waals surface area contributed by atoms with Crippen molar-refractivity contribution in [2.75, 3.05) is 31.6 Å². The van der Waals surface area contributed by atoms with Crippen LogP contribution in [0.4, 0.5) is 5.69 Å². The van der Waals surface area contributed by atoms with Crippen LogP contribution in [0.3, 0.4) is 0 Å². The molecule has 2 aromatic carbocycles. The predicted octanol–water partition coefficient (Wildman–Crippen LogP) is 3.57. The fraction of sp³-hybridized carbons (Fsp3) is 0.217. The fourth-order valence-corrected chi connectivity index (χ4v) is 4.09. The lowest BCUT2D eigenvalue weighted by Crippen LogP contribution is -2.45. The van der Waals surface area contributed by atoms with Crippen LogP contribution in [0.25, 0.3) is 21.8 Å². The maximum absolute atomic E-state index is 12.6. The highest BCUT2D eigenvalue weighted by Crippen LogP contribution is 2.37. The molecule has 4 rings (SSSR count). The van der Waals surface area contributed by atoms with Gasteiger partial charge in [-0.05, 0) is 18.2 Å². The van der Waals surface area contributed by atoms with Crippen LogP contribution in [0, 0.1) is 11.3 Å². The average Bonchev–Trinajstić information content (AvgIpc) is 3.30. The Kier molecular flexibility index (Phi) is 5.96. The van der Waals surface area contributed by atoms with E-state index in [1.165, 1.54) is 9.80 Å². The number of benzene rings is 2. The van der Waals surface area contributed by atoms with Gasteiger partial charge >= 0.3 is 0 Å². The summed E-state index contributed by atoms with van der Waals surface area (Å²) in [5, 5.41) is 11.6. The Balaban J connectivity index is 1.61. The Morgan fingerprint density at radius 3 is 2.84 bits per heavy atom. The van der Waals surface area contributed by atoms with Crippen molar-refractivity contribution in [3.05, 3.63) is 53.9 Å². The molecule has 0 fully saturated rings. The minimum atomic E-state index is -0.282. The zero-order valence-corrected chi connectivity index (χ0v) is 17.8. The Labute approximate surface area is 184 Å². The third-order valence-corrected chi connectivity index (χ3v) is 5.89. The first-order chi connectivity index (χ1) is 15.1. The number of thiazole rings is 1. The van der Waals surface area contributed by atoms with Crippen LogP contribution in [-0.2, 0) is 9.59 Å². The van der Waals surface area contributed by atoms with Crippen LogP contribution in [0.15, 0.2) is 53.9 Å². The number of nitrogens with zero attached hydrogens (tertiary/aromatic N) is 4. The lowest BCUT2D eigenvalue weighted by Gasteiger charge is -2.30. The molecule has 31 heavy (non-hydrogen) atoms. The number of hydrogen-bond acceptors (Lipinski definition) is 6. The number of likely N-dealkylation sites (N-methyl/N-ethyl adjacent to an activating group) is 1. The molecular formula is C23H20N4O3S. The standard InChI is InChI=1S/C23H20N4O3S/c1-26(11-5-10-24)21(28)13-27-19-12-17(8-9-20(19)30-14-22(27)29)18-15-31-23(25-18)16-6-3-2-4-7-16/h2-4,6-9,12,15H,5,11,13-14H2,1H3. The van der Waals surface area contributed by atoms with E-state index >= 15 is 0 Å². The van der Waals surface area contributed by atoms with E-state index in [0.717, 1.165) is 21.8 Å². The van der Waals surface area contributed by atoms with Crippen LogP contribution < -0.4 is 9.64 Å². The second kappa shape index (κ2) is 8.98. The Morgan fingerprint density at radius 1 is 1.26 bits per heavy atom. The van der Waals surface area contributed by atoms with Crippen molar-refractivity contribution in [1.82, 2.24) is 9.88 Å². The molecule has 0 aliphatic carbocycles. The van der Waals surface area contributed by atoms with Gasteiger partial charge in [-0.2, -0.15) is 5.26 Å². The summed E-state index contributed by atoms with van der Waals surface area (Å²) in [6, 6.07) is 17.5. The molecule has 3 aromatic rings. The van der Waals surface area contributed by atoms with E-state index in [4.69, 9.17) is 15.0 Å². The molecule has 1 aliphatic heterocycles. The minimum Gasteiger partial charge on any atom is -0.482 e. The third kappa shape index (κ3) is 4.42. The highest BCUT2D eigenvalue weighted by atomic mass is 32.1. The fourth-order valence-electron chi connectivity index (χ4n) is 3.25. The number of carbonyl (C=O) groups excluding carboxylic acids is 2.